The van der Waals surface area contributed by atoms with Crippen LogP contribution in [0.4, 0.5) is 0 Å². The Hall–Kier alpha value is -1.73. The molecule has 1 saturated carbocycles. The lowest BCUT2D eigenvalue weighted by molar-refractivity contribution is -0.140. The normalized spacial score (nSPS) is 23.2. The van der Waals surface area contributed by atoms with E-state index in [1.807, 2.05) is 13.8 Å². The lowest BCUT2D eigenvalue weighted by Gasteiger charge is -2.21. The van der Waals surface area contributed by atoms with Crippen LogP contribution in [0.25, 0.3) is 0 Å². The highest BCUT2D eigenvalue weighted by molar-refractivity contribution is 7.89. The molecular formula is C20H28N2O4S. The minimum Gasteiger partial charge on any atom is -0.278 e. The fourth-order valence-corrected chi connectivity index (χ4v) is 6.03. The first-order chi connectivity index (χ1) is 12.8. The maximum Gasteiger partial charge on any atom is 0.243 e. The van der Waals surface area contributed by atoms with Gasteiger partial charge in [-0.25, -0.2) is 8.42 Å². The zero-order valence-corrected chi connectivity index (χ0v) is 17.1. The minimum atomic E-state index is -3.59. The summed E-state index contributed by atoms with van der Waals surface area (Å²) < 4.78 is 27.3. The Morgan fingerprint density at radius 1 is 1.04 bits per heavy atom. The van der Waals surface area contributed by atoms with Crippen molar-refractivity contribution in [3.05, 3.63) is 29.3 Å². The Kier molecular flexibility index (Phi) is 5.72. The number of likely N-dealkylation sites (tertiary alicyclic amines) is 1. The number of sulfonamides is 1. The number of carbonyl (C=O) groups excluding carboxylic acids is 2. The highest BCUT2D eigenvalue weighted by Gasteiger charge is 2.47. The molecular weight excluding hydrogens is 364 g/mol. The second-order valence-electron chi connectivity index (χ2n) is 7.45. The van der Waals surface area contributed by atoms with Gasteiger partial charge in [-0.15, -0.1) is 0 Å². The lowest BCUT2D eigenvalue weighted by Crippen LogP contribution is -2.32. The Morgan fingerprint density at radius 2 is 1.59 bits per heavy atom. The predicted octanol–water partition coefficient (Wildman–Crippen LogP) is 2.70. The lowest BCUT2D eigenvalue weighted by atomic mass is 9.81. The van der Waals surface area contributed by atoms with Crippen molar-refractivity contribution in [1.29, 1.82) is 0 Å². The number of carbonyl (C=O) groups is 2. The van der Waals surface area contributed by atoms with E-state index in [1.54, 1.807) is 25.1 Å². The van der Waals surface area contributed by atoms with Gasteiger partial charge in [-0.3, -0.25) is 14.5 Å². The van der Waals surface area contributed by atoms with E-state index in [4.69, 9.17) is 0 Å². The van der Waals surface area contributed by atoms with Gasteiger partial charge in [-0.2, -0.15) is 4.31 Å². The van der Waals surface area contributed by atoms with Crippen molar-refractivity contribution in [2.45, 2.75) is 57.9 Å². The van der Waals surface area contributed by atoms with E-state index in [9.17, 15) is 18.0 Å². The average molecular weight is 393 g/mol. The zero-order chi connectivity index (χ0) is 19.8. The van der Waals surface area contributed by atoms with Gasteiger partial charge in [-0.05, 0) is 37.0 Å². The molecule has 148 valence electrons. The first-order valence-corrected chi connectivity index (χ1v) is 11.2. The summed E-state index contributed by atoms with van der Waals surface area (Å²) in [5, 5.41) is 0. The van der Waals surface area contributed by atoms with Crippen LogP contribution in [-0.2, 0) is 26.2 Å². The molecule has 1 aliphatic carbocycles. The number of imide groups is 1. The third kappa shape index (κ3) is 3.55. The molecule has 1 aromatic carbocycles. The summed E-state index contributed by atoms with van der Waals surface area (Å²) in [5.74, 6) is -0.567. The molecule has 3 rings (SSSR count). The molecule has 1 aliphatic heterocycles. The number of nitrogens with zero attached hydrogens (tertiary/aromatic N) is 2. The molecule has 1 aromatic rings. The van der Waals surface area contributed by atoms with Gasteiger partial charge >= 0.3 is 0 Å². The zero-order valence-electron chi connectivity index (χ0n) is 16.3. The van der Waals surface area contributed by atoms with Crippen LogP contribution in [0.3, 0.4) is 0 Å². The maximum absolute atomic E-state index is 12.9. The van der Waals surface area contributed by atoms with Crippen LogP contribution in [-0.4, -0.2) is 42.5 Å². The molecule has 0 spiro atoms. The van der Waals surface area contributed by atoms with E-state index in [2.05, 4.69) is 0 Å². The summed E-state index contributed by atoms with van der Waals surface area (Å²) in [6.45, 7) is 6.32. The van der Waals surface area contributed by atoms with E-state index in [-0.39, 0.29) is 35.1 Å². The topological polar surface area (TPSA) is 74.8 Å². The minimum absolute atomic E-state index is 0.0987. The van der Waals surface area contributed by atoms with Crippen LogP contribution >= 0.6 is 0 Å². The molecule has 6 nitrogen and oxygen atoms in total. The van der Waals surface area contributed by atoms with Crippen molar-refractivity contribution >= 4 is 21.8 Å². The van der Waals surface area contributed by atoms with Gasteiger partial charge in [0.15, 0.2) is 0 Å². The Labute approximate surface area is 161 Å². The summed E-state index contributed by atoms with van der Waals surface area (Å²) in [6, 6.07) is 5.18. The van der Waals surface area contributed by atoms with E-state index in [0.717, 1.165) is 25.7 Å². The number of fused-ring (bicyclic) bond motifs is 1. The largest absolute Gasteiger partial charge is 0.278 e. The quantitative estimate of drug-likeness (QED) is 0.698. The van der Waals surface area contributed by atoms with E-state index < -0.39 is 10.0 Å². The number of benzene rings is 1. The van der Waals surface area contributed by atoms with Gasteiger partial charge in [0.05, 0.1) is 23.3 Å². The molecule has 2 aliphatic rings. The van der Waals surface area contributed by atoms with E-state index in [1.165, 1.54) is 9.21 Å². The van der Waals surface area contributed by atoms with Gasteiger partial charge in [0.2, 0.25) is 21.8 Å². The predicted molar refractivity (Wildman–Crippen MR) is 102 cm³/mol. The van der Waals surface area contributed by atoms with Gasteiger partial charge in [0, 0.05) is 13.1 Å². The third-order valence-corrected chi connectivity index (χ3v) is 8.04. The molecule has 0 aromatic heterocycles. The maximum atomic E-state index is 12.9. The van der Waals surface area contributed by atoms with E-state index in [0.29, 0.717) is 24.2 Å². The van der Waals surface area contributed by atoms with Crippen LogP contribution < -0.4 is 0 Å². The van der Waals surface area contributed by atoms with Gasteiger partial charge in [0.25, 0.3) is 0 Å². The number of amides is 2. The van der Waals surface area contributed by atoms with Crippen molar-refractivity contribution in [2.75, 3.05) is 13.1 Å². The van der Waals surface area contributed by atoms with Gasteiger partial charge < -0.3 is 0 Å². The molecule has 1 heterocycles. The van der Waals surface area contributed by atoms with Crippen molar-refractivity contribution < 1.29 is 18.0 Å². The molecule has 0 radical (unpaired) electrons. The molecule has 2 amide bonds. The highest BCUT2D eigenvalue weighted by atomic mass is 32.2. The number of hydrogen-bond donors (Lipinski definition) is 0. The Balaban J connectivity index is 1.89. The summed E-state index contributed by atoms with van der Waals surface area (Å²) >= 11 is 0. The summed E-state index contributed by atoms with van der Waals surface area (Å²) in [7, 11) is -3.59. The van der Waals surface area contributed by atoms with Crippen LogP contribution in [0.1, 0.15) is 50.7 Å². The molecule has 2 atom stereocenters. The van der Waals surface area contributed by atoms with E-state index >= 15 is 0 Å². The van der Waals surface area contributed by atoms with Crippen molar-refractivity contribution in [2.24, 2.45) is 11.8 Å². The average Bonchev–Trinajstić information content (AvgIpc) is 2.89. The summed E-state index contributed by atoms with van der Waals surface area (Å²) in [4.78, 5) is 26.9. The molecule has 0 N–H and O–H groups in total. The van der Waals surface area contributed by atoms with Crippen molar-refractivity contribution in [1.82, 2.24) is 9.21 Å². The summed E-state index contributed by atoms with van der Waals surface area (Å²) in [5.41, 5.74) is 1.34. The Morgan fingerprint density at radius 3 is 2.11 bits per heavy atom. The van der Waals surface area contributed by atoms with Crippen molar-refractivity contribution in [3.8, 4) is 0 Å². The third-order valence-electron chi connectivity index (χ3n) is 5.85. The van der Waals surface area contributed by atoms with Crippen LogP contribution in [0.2, 0.25) is 0 Å². The summed E-state index contributed by atoms with van der Waals surface area (Å²) in [6.07, 6.45) is 3.54. The molecule has 2 fully saturated rings. The Bertz CT molecular complexity index is 822. The second-order valence-corrected chi connectivity index (χ2v) is 9.36. The van der Waals surface area contributed by atoms with Crippen LogP contribution in [0.5, 0.6) is 0 Å². The fraction of sp³-hybridized carbons (Fsp3) is 0.600. The number of hydrogen-bond acceptors (Lipinski definition) is 4. The standard InChI is InChI=1S/C20H28N2O4S/c1-4-21(5-2)27(25,26)18-12-15(11-10-14(18)3)13-22-19(23)16-8-6-7-9-17(16)20(22)24/h10-12,16-17H,4-9,13H2,1-3H3. The van der Waals surface area contributed by atoms with Crippen LogP contribution in [0.15, 0.2) is 23.1 Å². The molecule has 27 heavy (non-hydrogen) atoms. The molecule has 0 bridgehead atoms. The van der Waals surface area contributed by atoms with Crippen molar-refractivity contribution in [3.63, 3.8) is 0 Å². The smallest absolute Gasteiger partial charge is 0.243 e. The van der Waals surface area contributed by atoms with Gasteiger partial charge in [0.1, 0.15) is 0 Å². The molecule has 1 saturated heterocycles. The fourth-order valence-electron chi connectivity index (χ4n) is 4.29. The first-order valence-electron chi connectivity index (χ1n) is 9.76. The molecule has 2 unspecified atom stereocenters. The number of rotatable bonds is 6. The highest BCUT2D eigenvalue weighted by Crippen LogP contribution is 2.38. The number of aryl methyl sites for hydroxylation is 1. The monoisotopic (exact) mass is 392 g/mol. The first kappa shape index (κ1) is 20.0. The second kappa shape index (κ2) is 7.72. The van der Waals surface area contributed by atoms with Gasteiger partial charge in [-0.1, -0.05) is 38.8 Å². The SMILES string of the molecule is CCN(CC)S(=O)(=O)c1cc(CN2C(=O)C3CCCCC3C2=O)ccc1C. The molecule has 7 heteroatoms. The van der Waals surface area contributed by atoms with Crippen LogP contribution in [0, 0.1) is 18.8 Å².